The van der Waals surface area contributed by atoms with E-state index in [-0.39, 0.29) is 11.4 Å². The van der Waals surface area contributed by atoms with Gasteiger partial charge in [0.25, 0.3) is 0 Å². The van der Waals surface area contributed by atoms with Crippen molar-refractivity contribution in [3.63, 3.8) is 0 Å². The number of carbonyl (C=O) groups is 1. The summed E-state index contributed by atoms with van der Waals surface area (Å²) in [5.74, 6) is 1.40. The minimum atomic E-state index is -0.283. The van der Waals surface area contributed by atoms with Gasteiger partial charge in [-0.3, -0.25) is 4.79 Å². The van der Waals surface area contributed by atoms with Crippen molar-refractivity contribution in [3.05, 3.63) is 23.8 Å². The number of carbonyl (C=O) groups excluding carboxylic acids is 1. The molecule has 0 spiro atoms. The molecular weight excluding hydrogens is 280 g/mol. The molecule has 0 aliphatic heterocycles. The quantitative estimate of drug-likeness (QED) is 0.734. The molecule has 0 aliphatic carbocycles. The monoisotopic (exact) mass is 308 g/mol. The highest BCUT2D eigenvalue weighted by Crippen LogP contribution is 2.28. The number of aryl methyl sites for hydroxylation is 1. The van der Waals surface area contributed by atoms with Gasteiger partial charge in [-0.05, 0) is 37.0 Å². The number of ether oxygens (including phenoxy) is 2. The topological polar surface area (TPSA) is 73.6 Å². The summed E-state index contributed by atoms with van der Waals surface area (Å²) >= 11 is 0. The third-order valence-electron chi connectivity index (χ3n) is 4.24. The van der Waals surface area contributed by atoms with Gasteiger partial charge in [-0.25, -0.2) is 0 Å². The molecule has 0 radical (unpaired) electrons. The third kappa shape index (κ3) is 4.63. The molecule has 0 fully saturated rings. The van der Waals surface area contributed by atoms with E-state index in [0.29, 0.717) is 30.9 Å². The molecule has 1 rings (SSSR count). The van der Waals surface area contributed by atoms with Crippen molar-refractivity contribution in [1.29, 1.82) is 0 Å². The Balaban J connectivity index is 2.64. The van der Waals surface area contributed by atoms with Crippen LogP contribution in [0.4, 0.5) is 0 Å². The van der Waals surface area contributed by atoms with E-state index in [9.17, 15) is 4.79 Å². The van der Waals surface area contributed by atoms with Gasteiger partial charge in [-0.1, -0.05) is 19.9 Å². The summed E-state index contributed by atoms with van der Waals surface area (Å²) in [7, 11) is 3.21. The third-order valence-corrected chi connectivity index (χ3v) is 4.24. The van der Waals surface area contributed by atoms with Gasteiger partial charge in [0.1, 0.15) is 0 Å². The molecular formula is C17H28N2O3. The molecule has 5 nitrogen and oxygen atoms in total. The molecule has 3 N–H and O–H groups in total. The van der Waals surface area contributed by atoms with Crippen LogP contribution in [0, 0.1) is 0 Å². The summed E-state index contributed by atoms with van der Waals surface area (Å²) in [6.07, 6.45) is 2.75. The SMILES string of the molecule is CCC(CC)(CN)NC(=O)CCc1ccc(OC)c(OC)c1. The fraction of sp³-hybridized carbons (Fsp3) is 0.588. The van der Waals surface area contributed by atoms with Crippen molar-refractivity contribution in [2.75, 3.05) is 20.8 Å². The second-order valence-electron chi connectivity index (χ2n) is 5.43. The molecule has 0 aliphatic rings. The number of hydrogen-bond donors (Lipinski definition) is 2. The smallest absolute Gasteiger partial charge is 0.220 e. The van der Waals surface area contributed by atoms with Gasteiger partial charge < -0.3 is 20.5 Å². The second kappa shape index (κ2) is 8.63. The first-order valence-corrected chi connectivity index (χ1v) is 7.76. The maximum Gasteiger partial charge on any atom is 0.220 e. The zero-order valence-corrected chi connectivity index (χ0v) is 14.1. The molecule has 1 amide bonds. The highest BCUT2D eigenvalue weighted by atomic mass is 16.5. The Morgan fingerprint density at radius 2 is 1.82 bits per heavy atom. The van der Waals surface area contributed by atoms with Gasteiger partial charge in [0.05, 0.1) is 19.8 Å². The maximum absolute atomic E-state index is 12.2. The molecule has 0 atom stereocenters. The Kier molecular flexibility index (Phi) is 7.18. The van der Waals surface area contributed by atoms with Crippen LogP contribution in [0.2, 0.25) is 0 Å². The van der Waals surface area contributed by atoms with E-state index in [1.165, 1.54) is 0 Å². The standard InChI is InChI=1S/C17H28N2O3/c1-5-17(6-2,12-18)19-16(20)10-8-13-7-9-14(21-3)15(11-13)22-4/h7,9,11H,5-6,8,10,12,18H2,1-4H3,(H,19,20). The Labute approximate surface area is 133 Å². The first-order chi connectivity index (χ1) is 10.5. The van der Waals surface area contributed by atoms with E-state index < -0.39 is 0 Å². The Morgan fingerprint density at radius 1 is 1.18 bits per heavy atom. The molecule has 1 aromatic rings. The largest absolute Gasteiger partial charge is 0.493 e. The van der Waals surface area contributed by atoms with E-state index in [4.69, 9.17) is 15.2 Å². The summed E-state index contributed by atoms with van der Waals surface area (Å²) in [6, 6.07) is 5.71. The van der Waals surface area contributed by atoms with Crippen LogP contribution in [0.1, 0.15) is 38.7 Å². The fourth-order valence-corrected chi connectivity index (χ4v) is 2.42. The van der Waals surface area contributed by atoms with E-state index >= 15 is 0 Å². The van der Waals surface area contributed by atoms with Crippen molar-refractivity contribution in [3.8, 4) is 11.5 Å². The maximum atomic E-state index is 12.2. The van der Waals surface area contributed by atoms with E-state index in [0.717, 1.165) is 18.4 Å². The average Bonchev–Trinajstić information content (AvgIpc) is 2.57. The van der Waals surface area contributed by atoms with Crippen LogP contribution in [-0.2, 0) is 11.2 Å². The summed E-state index contributed by atoms with van der Waals surface area (Å²) in [5.41, 5.74) is 6.57. The van der Waals surface area contributed by atoms with Gasteiger partial charge in [0.15, 0.2) is 11.5 Å². The Morgan fingerprint density at radius 3 is 2.32 bits per heavy atom. The van der Waals surface area contributed by atoms with Gasteiger partial charge in [-0.15, -0.1) is 0 Å². The zero-order chi connectivity index (χ0) is 16.6. The lowest BCUT2D eigenvalue weighted by Crippen LogP contribution is -2.52. The van der Waals surface area contributed by atoms with Gasteiger partial charge in [0, 0.05) is 13.0 Å². The van der Waals surface area contributed by atoms with Crippen molar-refractivity contribution >= 4 is 5.91 Å². The lowest BCUT2D eigenvalue weighted by Gasteiger charge is -2.31. The van der Waals surface area contributed by atoms with E-state index in [1.54, 1.807) is 14.2 Å². The predicted molar refractivity (Wildman–Crippen MR) is 88.4 cm³/mol. The average molecular weight is 308 g/mol. The number of rotatable bonds is 9. The fourth-order valence-electron chi connectivity index (χ4n) is 2.42. The first-order valence-electron chi connectivity index (χ1n) is 7.76. The summed E-state index contributed by atoms with van der Waals surface area (Å²) in [5, 5.41) is 3.08. The number of nitrogens with two attached hydrogens (primary N) is 1. The van der Waals surface area contributed by atoms with Crippen molar-refractivity contribution in [2.45, 2.75) is 45.1 Å². The molecule has 0 saturated carbocycles. The predicted octanol–water partition coefficient (Wildman–Crippen LogP) is 2.27. The lowest BCUT2D eigenvalue weighted by atomic mass is 9.92. The van der Waals surface area contributed by atoms with E-state index in [2.05, 4.69) is 5.32 Å². The van der Waals surface area contributed by atoms with Crippen molar-refractivity contribution in [1.82, 2.24) is 5.32 Å². The van der Waals surface area contributed by atoms with E-state index in [1.807, 2.05) is 32.0 Å². The molecule has 22 heavy (non-hydrogen) atoms. The number of methoxy groups -OCH3 is 2. The zero-order valence-electron chi connectivity index (χ0n) is 14.1. The van der Waals surface area contributed by atoms with Crippen molar-refractivity contribution < 1.29 is 14.3 Å². The summed E-state index contributed by atoms with van der Waals surface area (Å²) in [6.45, 7) is 4.55. The molecule has 0 aromatic heterocycles. The first kappa shape index (κ1) is 18.3. The van der Waals surface area contributed by atoms with Gasteiger partial charge in [-0.2, -0.15) is 0 Å². The Bertz CT molecular complexity index is 477. The molecule has 0 heterocycles. The van der Waals surface area contributed by atoms with Crippen LogP contribution in [0.15, 0.2) is 18.2 Å². The number of nitrogens with one attached hydrogen (secondary N) is 1. The normalized spacial score (nSPS) is 11.1. The summed E-state index contributed by atoms with van der Waals surface area (Å²) in [4.78, 5) is 12.2. The molecule has 0 bridgehead atoms. The van der Waals surface area contributed by atoms with Gasteiger partial charge >= 0.3 is 0 Å². The Hall–Kier alpha value is -1.75. The summed E-state index contributed by atoms with van der Waals surface area (Å²) < 4.78 is 10.5. The van der Waals surface area contributed by atoms with Crippen LogP contribution in [0.5, 0.6) is 11.5 Å². The van der Waals surface area contributed by atoms with Crippen molar-refractivity contribution in [2.24, 2.45) is 5.73 Å². The molecule has 1 aromatic carbocycles. The molecule has 0 unspecified atom stereocenters. The van der Waals surface area contributed by atoms with Crippen LogP contribution in [0.3, 0.4) is 0 Å². The minimum absolute atomic E-state index is 0.0314. The molecule has 0 saturated heterocycles. The lowest BCUT2D eigenvalue weighted by molar-refractivity contribution is -0.123. The minimum Gasteiger partial charge on any atom is -0.493 e. The highest BCUT2D eigenvalue weighted by molar-refractivity contribution is 5.77. The van der Waals surface area contributed by atoms with Crippen LogP contribution in [-0.4, -0.2) is 32.2 Å². The van der Waals surface area contributed by atoms with Crippen LogP contribution in [0.25, 0.3) is 0 Å². The van der Waals surface area contributed by atoms with Crippen LogP contribution >= 0.6 is 0 Å². The number of amides is 1. The van der Waals surface area contributed by atoms with Gasteiger partial charge in [0.2, 0.25) is 5.91 Å². The highest BCUT2D eigenvalue weighted by Gasteiger charge is 2.25. The number of hydrogen-bond acceptors (Lipinski definition) is 4. The molecule has 5 heteroatoms. The number of benzene rings is 1. The second-order valence-corrected chi connectivity index (χ2v) is 5.43. The van der Waals surface area contributed by atoms with Crippen LogP contribution < -0.4 is 20.5 Å². The molecule has 124 valence electrons.